The Morgan fingerprint density at radius 2 is 2.05 bits per heavy atom. The van der Waals surface area contributed by atoms with Crippen molar-refractivity contribution in [2.24, 2.45) is 0 Å². The van der Waals surface area contributed by atoms with Crippen molar-refractivity contribution < 1.29 is 4.39 Å². The third-order valence-corrected chi connectivity index (χ3v) is 3.28. The molecule has 1 aromatic carbocycles. The van der Waals surface area contributed by atoms with Gasteiger partial charge in [-0.05, 0) is 32.0 Å². The highest BCUT2D eigenvalue weighted by atomic mass is 19.1. The van der Waals surface area contributed by atoms with E-state index in [4.69, 9.17) is 5.73 Å². The second-order valence-electron chi connectivity index (χ2n) is 4.97. The van der Waals surface area contributed by atoms with Crippen molar-refractivity contribution in [3.8, 4) is 11.4 Å². The van der Waals surface area contributed by atoms with Gasteiger partial charge in [0.2, 0.25) is 0 Å². The molecule has 0 spiro atoms. The van der Waals surface area contributed by atoms with Crippen LogP contribution in [-0.4, -0.2) is 14.5 Å². The number of fused-ring (bicyclic) bond motifs is 1. The van der Waals surface area contributed by atoms with Gasteiger partial charge in [-0.25, -0.2) is 9.37 Å². The molecule has 2 N–H and O–H groups in total. The number of aromatic nitrogens is 3. The molecule has 0 aliphatic carbocycles. The molecule has 0 unspecified atom stereocenters. The molecule has 0 fully saturated rings. The van der Waals surface area contributed by atoms with E-state index in [-0.39, 0.29) is 11.9 Å². The third kappa shape index (κ3) is 1.82. The molecule has 0 atom stereocenters. The van der Waals surface area contributed by atoms with Crippen molar-refractivity contribution in [2.45, 2.75) is 19.9 Å². The van der Waals surface area contributed by atoms with Gasteiger partial charge < -0.3 is 10.3 Å². The van der Waals surface area contributed by atoms with Crippen LogP contribution in [-0.2, 0) is 0 Å². The SMILES string of the molecule is CC(C)n1c(-c2c(N)cccc2F)nc2cnccc21. The second kappa shape index (κ2) is 4.59. The fourth-order valence-corrected chi connectivity index (χ4v) is 2.43. The molecule has 20 heavy (non-hydrogen) atoms. The number of nitrogen functional groups attached to an aromatic ring is 1. The van der Waals surface area contributed by atoms with E-state index in [1.54, 1.807) is 24.5 Å². The normalized spacial score (nSPS) is 11.4. The maximum Gasteiger partial charge on any atom is 0.146 e. The van der Waals surface area contributed by atoms with Crippen molar-refractivity contribution in [1.82, 2.24) is 14.5 Å². The molecule has 0 radical (unpaired) electrons. The van der Waals surface area contributed by atoms with Crippen molar-refractivity contribution >= 4 is 16.7 Å². The van der Waals surface area contributed by atoms with Crippen LogP contribution in [0.1, 0.15) is 19.9 Å². The highest BCUT2D eigenvalue weighted by Crippen LogP contribution is 2.32. The number of halogens is 1. The molecule has 0 bridgehead atoms. The first-order valence-electron chi connectivity index (χ1n) is 6.46. The minimum absolute atomic E-state index is 0.136. The number of anilines is 1. The lowest BCUT2D eigenvalue weighted by atomic mass is 10.1. The lowest BCUT2D eigenvalue weighted by Gasteiger charge is -2.14. The Bertz CT molecular complexity index is 756. The molecular formula is C15H15FN4. The first-order chi connectivity index (χ1) is 9.59. The van der Waals surface area contributed by atoms with Crippen LogP contribution in [0.2, 0.25) is 0 Å². The largest absolute Gasteiger partial charge is 0.398 e. The van der Waals surface area contributed by atoms with Crippen LogP contribution in [0.5, 0.6) is 0 Å². The van der Waals surface area contributed by atoms with Gasteiger partial charge in [-0.15, -0.1) is 0 Å². The Hall–Kier alpha value is -2.43. The summed E-state index contributed by atoms with van der Waals surface area (Å²) in [6, 6.07) is 6.69. The molecule has 0 saturated heterocycles. The summed E-state index contributed by atoms with van der Waals surface area (Å²) >= 11 is 0. The number of nitrogens with two attached hydrogens (primary N) is 1. The quantitative estimate of drug-likeness (QED) is 0.726. The third-order valence-electron chi connectivity index (χ3n) is 3.28. The Labute approximate surface area is 116 Å². The average molecular weight is 270 g/mol. The van der Waals surface area contributed by atoms with Gasteiger partial charge in [0.25, 0.3) is 0 Å². The monoisotopic (exact) mass is 270 g/mol. The van der Waals surface area contributed by atoms with Gasteiger partial charge >= 0.3 is 0 Å². The van der Waals surface area contributed by atoms with Gasteiger partial charge in [0, 0.05) is 17.9 Å². The zero-order valence-corrected chi connectivity index (χ0v) is 11.3. The first kappa shape index (κ1) is 12.6. The Balaban J connectivity index is 2.39. The summed E-state index contributed by atoms with van der Waals surface area (Å²) < 4.78 is 16.1. The van der Waals surface area contributed by atoms with Gasteiger partial charge in [-0.1, -0.05) is 6.07 Å². The predicted octanol–water partition coefficient (Wildman–Crippen LogP) is 3.40. The van der Waals surface area contributed by atoms with E-state index in [1.165, 1.54) is 6.07 Å². The molecule has 0 amide bonds. The maximum absolute atomic E-state index is 14.2. The van der Waals surface area contributed by atoms with Gasteiger partial charge in [-0.2, -0.15) is 0 Å². The molecule has 0 aliphatic rings. The number of hydrogen-bond donors (Lipinski definition) is 1. The van der Waals surface area contributed by atoms with Gasteiger partial charge in [0.15, 0.2) is 0 Å². The van der Waals surface area contributed by atoms with Gasteiger partial charge in [0.05, 0.1) is 17.3 Å². The molecule has 2 heterocycles. The fraction of sp³-hybridized carbons (Fsp3) is 0.200. The minimum Gasteiger partial charge on any atom is -0.398 e. The van der Waals surface area contributed by atoms with Crippen molar-refractivity contribution in [1.29, 1.82) is 0 Å². The summed E-state index contributed by atoms with van der Waals surface area (Å²) in [6.45, 7) is 4.06. The van der Waals surface area contributed by atoms with Gasteiger partial charge in [0.1, 0.15) is 17.2 Å². The topological polar surface area (TPSA) is 56.7 Å². The van der Waals surface area contributed by atoms with Crippen LogP contribution in [0.25, 0.3) is 22.4 Å². The highest BCUT2D eigenvalue weighted by Gasteiger charge is 2.19. The molecule has 3 rings (SSSR count). The molecule has 4 nitrogen and oxygen atoms in total. The molecule has 0 saturated carbocycles. The van der Waals surface area contributed by atoms with Gasteiger partial charge in [-0.3, -0.25) is 4.98 Å². The Morgan fingerprint density at radius 3 is 2.75 bits per heavy atom. The van der Waals surface area contributed by atoms with Crippen LogP contribution in [0.3, 0.4) is 0 Å². The summed E-state index contributed by atoms with van der Waals surface area (Å²) in [7, 11) is 0. The number of rotatable bonds is 2. The van der Waals surface area contributed by atoms with Crippen LogP contribution >= 0.6 is 0 Å². The first-order valence-corrected chi connectivity index (χ1v) is 6.46. The smallest absolute Gasteiger partial charge is 0.146 e. The van der Waals surface area contributed by atoms with E-state index in [0.717, 1.165) is 11.0 Å². The van der Waals surface area contributed by atoms with Crippen LogP contribution in [0.15, 0.2) is 36.7 Å². The van der Waals surface area contributed by atoms with Crippen molar-refractivity contribution in [2.75, 3.05) is 5.73 Å². The molecule has 102 valence electrons. The molecule has 0 aliphatic heterocycles. The predicted molar refractivity (Wildman–Crippen MR) is 77.7 cm³/mol. The maximum atomic E-state index is 14.2. The fourth-order valence-electron chi connectivity index (χ4n) is 2.43. The van der Waals surface area contributed by atoms with E-state index in [0.29, 0.717) is 17.1 Å². The minimum atomic E-state index is -0.366. The number of nitrogens with zero attached hydrogens (tertiary/aromatic N) is 3. The standard InChI is InChI=1S/C15H15FN4/c1-9(2)20-13-6-7-18-8-12(13)19-15(20)14-10(16)4-3-5-11(14)17/h3-9H,17H2,1-2H3. The van der Waals surface area contributed by atoms with Crippen molar-refractivity contribution in [3.63, 3.8) is 0 Å². The summed E-state index contributed by atoms with van der Waals surface area (Å²) in [4.78, 5) is 8.57. The summed E-state index contributed by atoms with van der Waals surface area (Å²) in [6.07, 6.45) is 3.38. The summed E-state index contributed by atoms with van der Waals surface area (Å²) in [5.41, 5.74) is 8.32. The van der Waals surface area contributed by atoms with E-state index in [2.05, 4.69) is 9.97 Å². The molecule has 5 heteroatoms. The molecule has 2 aromatic heterocycles. The van der Waals surface area contributed by atoms with E-state index < -0.39 is 0 Å². The molecular weight excluding hydrogens is 255 g/mol. The lowest BCUT2D eigenvalue weighted by molar-refractivity contribution is 0.608. The lowest BCUT2D eigenvalue weighted by Crippen LogP contribution is -2.05. The molecule has 3 aromatic rings. The van der Waals surface area contributed by atoms with Crippen LogP contribution < -0.4 is 5.73 Å². The summed E-state index contributed by atoms with van der Waals surface area (Å²) in [5, 5.41) is 0. The van der Waals surface area contributed by atoms with E-state index in [1.807, 2.05) is 24.5 Å². The number of benzene rings is 1. The second-order valence-corrected chi connectivity index (χ2v) is 4.97. The Morgan fingerprint density at radius 1 is 1.25 bits per heavy atom. The average Bonchev–Trinajstić information content (AvgIpc) is 2.77. The summed E-state index contributed by atoms with van der Waals surface area (Å²) in [5.74, 6) is 0.175. The van der Waals surface area contributed by atoms with Crippen LogP contribution in [0.4, 0.5) is 10.1 Å². The Kier molecular flexibility index (Phi) is 2.89. The number of hydrogen-bond acceptors (Lipinski definition) is 3. The highest BCUT2D eigenvalue weighted by molar-refractivity contribution is 5.83. The van der Waals surface area contributed by atoms with Crippen molar-refractivity contribution in [3.05, 3.63) is 42.5 Å². The number of imidazole rings is 1. The number of pyridine rings is 1. The zero-order valence-electron chi connectivity index (χ0n) is 11.3. The van der Waals surface area contributed by atoms with Crippen LogP contribution in [0, 0.1) is 5.82 Å². The van der Waals surface area contributed by atoms with E-state index in [9.17, 15) is 4.39 Å². The van der Waals surface area contributed by atoms with E-state index >= 15 is 0 Å². The zero-order chi connectivity index (χ0) is 14.3.